The number of hydrogen-bond donors (Lipinski definition) is 3. The molecule has 75 heavy (non-hydrogen) atoms. The molecule has 19 heteroatoms. The summed E-state index contributed by atoms with van der Waals surface area (Å²) in [5.74, 6) is -2.25. The molecule has 0 fully saturated rings. The molecule has 0 saturated carbocycles. The van der Waals surface area contributed by atoms with Crippen molar-refractivity contribution in [1.29, 1.82) is 0 Å². The summed E-state index contributed by atoms with van der Waals surface area (Å²) < 4.78 is 66.5. The maximum atomic E-state index is 12.9. The molecule has 17 nitrogen and oxygen atoms in total. The number of phosphoric acid groups is 2. The smallest absolute Gasteiger partial charge is 0.462 e. The Balaban J connectivity index is 4.95. The average Bonchev–Trinajstić information content (AvgIpc) is 3.38. The van der Waals surface area contributed by atoms with Crippen molar-refractivity contribution in [2.24, 2.45) is 0 Å². The predicted molar refractivity (Wildman–Crippen MR) is 294 cm³/mol. The van der Waals surface area contributed by atoms with Crippen molar-refractivity contribution in [3.05, 3.63) is 0 Å². The number of unbranched alkanes of at least 4 members (excludes halogenated alkanes) is 32. The third kappa shape index (κ3) is 51.3. The van der Waals surface area contributed by atoms with Gasteiger partial charge in [0.1, 0.15) is 19.3 Å². The van der Waals surface area contributed by atoms with Crippen molar-refractivity contribution in [3.63, 3.8) is 0 Å². The van der Waals surface area contributed by atoms with E-state index in [4.69, 9.17) is 37.0 Å². The van der Waals surface area contributed by atoms with Crippen LogP contribution in [0.1, 0.15) is 278 Å². The zero-order chi connectivity index (χ0) is 55.5. The van der Waals surface area contributed by atoms with Gasteiger partial charge in [-0.2, -0.15) is 0 Å². The number of carbonyl (C=O) groups is 4. The van der Waals surface area contributed by atoms with Gasteiger partial charge in [-0.1, -0.05) is 233 Å². The largest absolute Gasteiger partial charge is 0.472 e. The van der Waals surface area contributed by atoms with E-state index in [0.717, 1.165) is 70.6 Å². The van der Waals surface area contributed by atoms with Crippen molar-refractivity contribution in [3.8, 4) is 0 Å². The van der Waals surface area contributed by atoms with Crippen LogP contribution in [0.25, 0.3) is 0 Å². The molecular formula is C56H108O17P2. The zero-order valence-corrected chi connectivity index (χ0v) is 49.3. The maximum absolute atomic E-state index is 12.9. The van der Waals surface area contributed by atoms with E-state index in [1.54, 1.807) is 0 Å². The normalized spacial score (nSPS) is 14.4. The molecule has 0 aliphatic heterocycles. The van der Waals surface area contributed by atoms with Gasteiger partial charge in [0.15, 0.2) is 12.2 Å². The van der Waals surface area contributed by atoms with Crippen LogP contribution >= 0.6 is 15.6 Å². The number of rotatable bonds is 57. The van der Waals surface area contributed by atoms with E-state index in [9.17, 15) is 43.2 Å². The van der Waals surface area contributed by atoms with Gasteiger partial charge in [0.2, 0.25) is 0 Å². The van der Waals surface area contributed by atoms with Crippen molar-refractivity contribution >= 4 is 39.5 Å². The molecule has 0 spiro atoms. The lowest BCUT2D eigenvalue weighted by Gasteiger charge is -2.21. The molecular weight excluding hydrogens is 1010 g/mol. The van der Waals surface area contributed by atoms with Crippen LogP contribution in [-0.2, 0) is 65.4 Å². The minimum Gasteiger partial charge on any atom is -0.462 e. The third-order valence-electron chi connectivity index (χ3n) is 12.9. The second-order valence-electron chi connectivity index (χ2n) is 20.3. The van der Waals surface area contributed by atoms with Gasteiger partial charge in [0.05, 0.1) is 26.4 Å². The van der Waals surface area contributed by atoms with Crippen LogP contribution in [0.3, 0.4) is 0 Å². The Morgan fingerprint density at radius 1 is 0.333 bits per heavy atom. The minimum atomic E-state index is -4.93. The van der Waals surface area contributed by atoms with Gasteiger partial charge in [-0.25, -0.2) is 9.13 Å². The van der Waals surface area contributed by atoms with Gasteiger partial charge in [-0.15, -0.1) is 0 Å². The van der Waals surface area contributed by atoms with Crippen LogP contribution in [0, 0.1) is 0 Å². The molecule has 0 aromatic carbocycles. The summed E-state index contributed by atoms with van der Waals surface area (Å²) in [7, 11) is -9.82. The molecule has 0 amide bonds. The molecule has 0 heterocycles. The van der Waals surface area contributed by atoms with Crippen LogP contribution in [0.2, 0.25) is 0 Å². The van der Waals surface area contributed by atoms with Gasteiger partial charge in [0.25, 0.3) is 0 Å². The van der Waals surface area contributed by atoms with Gasteiger partial charge in [0, 0.05) is 25.7 Å². The first-order valence-electron chi connectivity index (χ1n) is 29.8. The highest BCUT2D eigenvalue weighted by molar-refractivity contribution is 7.47. The van der Waals surface area contributed by atoms with E-state index in [1.807, 2.05) is 0 Å². The number of carbonyl (C=O) groups excluding carboxylic acids is 4. The lowest BCUT2D eigenvalue weighted by molar-refractivity contribution is -0.161. The molecule has 0 radical (unpaired) electrons. The summed E-state index contributed by atoms with van der Waals surface area (Å²) >= 11 is 0. The number of aliphatic hydroxyl groups excluding tert-OH is 1. The fourth-order valence-electron chi connectivity index (χ4n) is 8.25. The molecule has 2 unspecified atom stereocenters. The van der Waals surface area contributed by atoms with Crippen molar-refractivity contribution < 1.29 is 80.2 Å². The van der Waals surface area contributed by atoms with E-state index >= 15 is 0 Å². The van der Waals surface area contributed by atoms with Gasteiger partial charge >= 0.3 is 39.5 Å². The van der Waals surface area contributed by atoms with Crippen LogP contribution in [-0.4, -0.2) is 96.7 Å². The van der Waals surface area contributed by atoms with E-state index in [2.05, 4.69) is 20.8 Å². The molecule has 0 aliphatic rings. The molecule has 0 saturated heterocycles. The lowest BCUT2D eigenvalue weighted by atomic mass is 10.0. The molecule has 0 aromatic rings. The van der Waals surface area contributed by atoms with Crippen LogP contribution in [0.5, 0.6) is 0 Å². The fraction of sp³-hybridized carbons (Fsp3) is 0.929. The number of aliphatic hydroxyl groups is 1. The second-order valence-corrected chi connectivity index (χ2v) is 23.2. The fourth-order valence-corrected chi connectivity index (χ4v) is 9.83. The Morgan fingerprint density at radius 3 is 0.853 bits per heavy atom. The average molecular weight is 1120 g/mol. The van der Waals surface area contributed by atoms with Gasteiger partial charge in [-0.3, -0.25) is 37.3 Å². The second kappa shape index (κ2) is 51.5. The minimum absolute atomic E-state index is 0.0156. The van der Waals surface area contributed by atoms with Crippen LogP contribution in [0.4, 0.5) is 0 Å². The summed E-state index contributed by atoms with van der Waals surface area (Å²) in [6.45, 7) is 4.12. The molecule has 0 aliphatic carbocycles. The van der Waals surface area contributed by atoms with Gasteiger partial charge in [-0.05, 0) is 19.3 Å². The molecule has 0 bridgehead atoms. The maximum Gasteiger partial charge on any atom is 0.472 e. The number of hydrogen-bond acceptors (Lipinski definition) is 15. The van der Waals surface area contributed by atoms with E-state index in [0.29, 0.717) is 19.3 Å². The number of esters is 4. The standard InChI is InChI=1S/C56H108O17P2/c1-5-9-12-15-17-19-21-23-25-27-29-31-33-36-39-42-55(60)67-47-52(73-56(61)43-40-37-34-32-30-28-26-24-22-20-18-16-13-10-6-2)49-71-75(64,65)69-45-50(57)44-68-74(62,63)70-48-51(72-53(58)8-4)46-66-54(59)41-38-35-14-11-7-3/h50-52,57H,5-49H2,1-4H3,(H,62,63)(H,64,65)/t50-,51+,52+/m0/s1. The van der Waals surface area contributed by atoms with Crippen molar-refractivity contribution in [1.82, 2.24) is 0 Å². The third-order valence-corrected chi connectivity index (χ3v) is 14.8. The Morgan fingerprint density at radius 2 is 0.573 bits per heavy atom. The van der Waals surface area contributed by atoms with Gasteiger partial charge < -0.3 is 33.8 Å². The Bertz CT molecular complexity index is 1470. The Hall–Kier alpha value is -1.94. The summed E-state index contributed by atoms with van der Waals surface area (Å²) in [4.78, 5) is 70.4. The summed E-state index contributed by atoms with van der Waals surface area (Å²) in [5, 5.41) is 10.4. The van der Waals surface area contributed by atoms with Crippen molar-refractivity contribution in [2.75, 3.05) is 39.6 Å². The molecule has 0 rings (SSSR count). The molecule has 444 valence electrons. The first kappa shape index (κ1) is 73.1. The molecule has 0 aromatic heterocycles. The Labute approximate surface area is 454 Å². The zero-order valence-electron chi connectivity index (χ0n) is 47.5. The summed E-state index contributed by atoms with van der Waals surface area (Å²) in [6.07, 6.45) is 36.5. The first-order valence-corrected chi connectivity index (χ1v) is 32.8. The number of ether oxygens (including phenoxy) is 4. The summed E-state index contributed by atoms with van der Waals surface area (Å²) in [5.41, 5.74) is 0. The lowest BCUT2D eigenvalue weighted by Crippen LogP contribution is -2.30. The van der Waals surface area contributed by atoms with E-state index in [1.165, 1.54) is 142 Å². The van der Waals surface area contributed by atoms with Crippen LogP contribution in [0.15, 0.2) is 0 Å². The predicted octanol–water partition coefficient (Wildman–Crippen LogP) is 14.8. The molecule has 3 N–H and O–H groups in total. The highest BCUT2D eigenvalue weighted by Crippen LogP contribution is 2.45. The SMILES string of the molecule is CCCCCCCCCCCCCCCCCC(=O)OC[C@H](COP(=O)(O)OC[C@@H](O)COP(=O)(O)OC[C@@H](COC(=O)CCCCCCC)OC(=O)CC)OC(=O)CCCCCCCCCCCCCCCCC. The highest BCUT2D eigenvalue weighted by atomic mass is 31.2. The number of phosphoric ester groups is 2. The highest BCUT2D eigenvalue weighted by Gasteiger charge is 2.30. The first-order chi connectivity index (χ1) is 36.2. The monoisotopic (exact) mass is 1110 g/mol. The van der Waals surface area contributed by atoms with Crippen LogP contribution < -0.4 is 0 Å². The summed E-state index contributed by atoms with van der Waals surface area (Å²) in [6, 6.07) is 0. The van der Waals surface area contributed by atoms with Crippen molar-refractivity contribution in [2.45, 2.75) is 296 Å². The van der Waals surface area contributed by atoms with E-state index in [-0.39, 0.29) is 25.7 Å². The quantitative estimate of drug-likeness (QED) is 0.0222. The topological polar surface area (TPSA) is 237 Å². The van der Waals surface area contributed by atoms with E-state index < -0.39 is 97.5 Å². The Kier molecular flexibility index (Phi) is 50.2. The molecule has 5 atom stereocenters.